The Morgan fingerprint density at radius 1 is 1.50 bits per heavy atom. The van der Waals surface area contributed by atoms with E-state index in [0.29, 0.717) is 6.54 Å². The third kappa shape index (κ3) is 2.80. The summed E-state index contributed by atoms with van der Waals surface area (Å²) in [6.45, 7) is 4.08. The van der Waals surface area contributed by atoms with Crippen LogP contribution in [0.4, 0.5) is 5.69 Å². The van der Waals surface area contributed by atoms with Gasteiger partial charge in [-0.1, -0.05) is 18.2 Å². The summed E-state index contributed by atoms with van der Waals surface area (Å²) in [6.07, 6.45) is 0. The number of nitrogens with zero attached hydrogens (tertiary/aromatic N) is 1. The number of anilines is 1. The summed E-state index contributed by atoms with van der Waals surface area (Å²) >= 11 is -2.24. The van der Waals surface area contributed by atoms with Crippen molar-refractivity contribution in [2.45, 2.75) is 13.8 Å². The summed E-state index contributed by atoms with van der Waals surface area (Å²) in [4.78, 5) is 0. The van der Waals surface area contributed by atoms with Gasteiger partial charge in [-0.2, -0.15) is 4.41 Å². The largest absolute Gasteiger partial charge is 0.758 e. The van der Waals surface area contributed by atoms with Gasteiger partial charge in [0.25, 0.3) is 0 Å². The van der Waals surface area contributed by atoms with Crippen LogP contribution >= 0.6 is 0 Å². The summed E-state index contributed by atoms with van der Waals surface area (Å²) in [5.74, 6) is 0. The van der Waals surface area contributed by atoms with Gasteiger partial charge in [0, 0.05) is 17.8 Å². The summed E-state index contributed by atoms with van der Waals surface area (Å²) in [5, 5.41) is 0. The summed E-state index contributed by atoms with van der Waals surface area (Å²) < 4.78 is 22.6. The molecule has 1 N–H and O–H groups in total. The maximum Gasteiger partial charge on any atom is 0.0528 e. The second-order valence-electron chi connectivity index (χ2n) is 2.84. The normalized spacial score (nSPS) is 12.9. The molecule has 0 aromatic heterocycles. The molecule has 1 rings (SSSR count). The van der Waals surface area contributed by atoms with Crippen molar-refractivity contribution in [3.8, 4) is 0 Å². The zero-order chi connectivity index (χ0) is 10.6. The minimum Gasteiger partial charge on any atom is -0.758 e. The molecule has 0 aliphatic heterocycles. The van der Waals surface area contributed by atoms with Crippen molar-refractivity contribution in [2.75, 3.05) is 12.0 Å². The zero-order valence-electron chi connectivity index (χ0n) is 8.19. The van der Waals surface area contributed by atoms with Crippen LogP contribution < -0.4 is 5.43 Å². The molecule has 1 aromatic carbocycles. The van der Waals surface area contributed by atoms with Gasteiger partial charge in [-0.3, -0.25) is 4.21 Å². The van der Waals surface area contributed by atoms with E-state index in [4.69, 9.17) is 0 Å². The number of aryl methyl sites for hydroxylation is 1. The van der Waals surface area contributed by atoms with Gasteiger partial charge in [-0.15, -0.1) is 0 Å². The van der Waals surface area contributed by atoms with Crippen LogP contribution in [0, 0.1) is 6.92 Å². The molecule has 0 saturated heterocycles. The minimum absolute atomic E-state index is 0.393. The molecule has 4 nitrogen and oxygen atoms in total. The Labute approximate surface area is 86.3 Å². The van der Waals surface area contributed by atoms with Gasteiger partial charge in [0.1, 0.15) is 0 Å². The topological polar surface area (TPSA) is 55.4 Å². The Bertz CT molecular complexity index is 330. The van der Waals surface area contributed by atoms with Crippen LogP contribution in [0.5, 0.6) is 0 Å². The van der Waals surface area contributed by atoms with Crippen LogP contribution in [-0.4, -0.2) is 19.7 Å². The number of benzene rings is 1. The smallest absolute Gasteiger partial charge is 0.0528 e. The number of para-hydroxylation sites is 1. The van der Waals surface area contributed by atoms with E-state index in [1.807, 2.05) is 31.2 Å². The van der Waals surface area contributed by atoms with Crippen LogP contribution in [0.1, 0.15) is 12.5 Å². The van der Waals surface area contributed by atoms with Gasteiger partial charge in [0.15, 0.2) is 0 Å². The van der Waals surface area contributed by atoms with Crippen molar-refractivity contribution in [3.63, 3.8) is 0 Å². The van der Waals surface area contributed by atoms with E-state index >= 15 is 0 Å². The fourth-order valence-electron chi connectivity index (χ4n) is 1.05. The van der Waals surface area contributed by atoms with Crippen LogP contribution in [0.3, 0.4) is 0 Å². The molecule has 0 saturated carbocycles. The molecular formula is C9H13N2O2S-. The van der Waals surface area contributed by atoms with Gasteiger partial charge >= 0.3 is 0 Å². The second kappa shape index (κ2) is 5.09. The lowest BCUT2D eigenvalue weighted by molar-refractivity contribution is 0.442. The molecule has 0 spiro atoms. The predicted molar refractivity (Wildman–Crippen MR) is 56.1 cm³/mol. The average Bonchev–Trinajstić information content (AvgIpc) is 2.16. The van der Waals surface area contributed by atoms with Crippen LogP contribution in [0.25, 0.3) is 0 Å². The molecule has 14 heavy (non-hydrogen) atoms. The predicted octanol–water partition coefficient (Wildman–Crippen LogP) is 1.44. The Kier molecular flexibility index (Phi) is 4.06. The first-order valence-electron chi connectivity index (χ1n) is 4.34. The highest BCUT2D eigenvalue weighted by atomic mass is 32.2. The molecule has 0 fully saturated rings. The fourth-order valence-corrected chi connectivity index (χ4v) is 1.44. The van der Waals surface area contributed by atoms with Gasteiger partial charge in [-0.05, 0) is 25.5 Å². The van der Waals surface area contributed by atoms with E-state index in [2.05, 4.69) is 5.43 Å². The molecule has 78 valence electrons. The molecule has 0 radical (unpaired) electrons. The molecule has 1 aromatic rings. The maximum absolute atomic E-state index is 10.7. The van der Waals surface area contributed by atoms with Gasteiger partial charge in [-0.25, -0.2) is 0 Å². The van der Waals surface area contributed by atoms with Crippen molar-refractivity contribution in [1.82, 2.24) is 4.41 Å². The van der Waals surface area contributed by atoms with E-state index in [9.17, 15) is 8.76 Å². The molecule has 5 heteroatoms. The van der Waals surface area contributed by atoms with Crippen molar-refractivity contribution in [2.24, 2.45) is 0 Å². The molecule has 0 aliphatic carbocycles. The molecule has 0 aliphatic rings. The van der Waals surface area contributed by atoms with Gasteiger partial charge in [0.2, 0.25) is 0 Å². The zero-order valence-corrected chi connectivity index (χ0v) is 9.00. The highest BCUT2D eigenvalue weighted by molar-refractivity contribution is 7.76. The number of nitrogens with one attached hydrogen (secondary N) is 1. The Morgan fingerprint density at radius 2 is 2.14 bits per heavy atom. The number of hydrogen-bond donors (Lipinski definition) is 1. The molecular weight excluding hydrogens is 200 g/mol. The van der Waals surface area contributed by atoms with Crippen molar-refractivity contribution in [3.05, 3.63) is 29.8 Å². The summed E-state index contributed by atoms with van der Waals surface area (Å²) in [6, 6.07) is 7.52. The number of hydrogen-bond acceptors (Lipinski definition) is 3. The van der Waals surface area contributed by atoms with E-state index in [1.165, 1.54) is 0 Å². The van der Waals surface area contributed by atoms with Gasteiger partial charge < -0.3 is 9.98 Å². The van der Waals surface area contributed by atoms with E-state index < -0.39 is 11.3 Å². The first-order chi connectivity index (χ1) is 6.65. The number of rotatable bonds is 4. The lowest BCUT2D eigenvalue weighted by Crippen LogP contribution is -2.31. The Balaban J connectivity index is 2.77. The van der Waals surface area contributed by atoms with Gasteiger partial charge in [0.05, 0.1) is 5.69 Å². The van der Waals surface area contributed by atoms with Crippen molar-refractivity contribution in [1.29, 1.82) is 0 Å². The van der Waals surface area contributed by atoms with E-state index in [0.717, 1.165) is 15.7 Å². The average molecular weight is 213 g/mol. The van der Waals surface area contributed by atoms with Crippen LogP contribution in [-0.2, 0) is 11.3 Å². The highest BCUT2D eigenvalue weighted by Crippen LogP contribution is 2.14. The standard InChI is InChI=1S/C9H14N2O2S/c1-3-11(14(12)13)10-9-7-5-4-6-8(9)2/h4-7,10H,3H2,1-2H3,(H,12,13)/p-1. The fraction of sp³-hybridized carbons (Fsp3) is 0.333. The van der Waals surface area contributed by atoms with Crippen LogP contribution in [0.15, 0.2) is 24.3 Å². The van der Waals surface area contributed by atoms with E-state index in [-0.39, 0.29) is 0 Å². The molecule has 0 bridgehead atoms. The Morgan fingerprint density at radius 3 is 2.64 bits per heavy atom. The van der Waals surface area contributed by atoms with E-state index in [1.54, 1.807) is 6.92 Å². The molecule has 0 amide bonds. The minimum atomic E-state index is -2.24. The third-order valence-corrected chi connectivity index (χ3v) is 2.57. The number of hydrazine groups is 1. The quantitative estimate of drug-likeness (QED) is 0.608. The van der Waals surface area contributed by atoms with Crippen LogP contribution in [0.2, 0.25) is 0 Å². The molecule has 1 unspecified atom stereocenters. The lowest BCUT2D eigenvalue weighted by Gasteiger charge is -2.24. The third-order valence-electron chi connectivity index (χ3n) is 1.86. The summed E-state index contributed by atoms with van der Waals surface area (Å²) in [5.41, 5.74) is 4.63. The second-order valence-corrected chi connectivity index (χ2v) is 3.71. The maximum atomic E-state index is 10.7. The molecule has 0 heterocycles. The first kappa shape index (κ1) is 11.2. The monoisotopic (exact) mass is 213 g/mol. The van der Waals surface area contributed by atoms with Crippen molar-refractivity contribution >= 4 is 17.0 Å². The Hall–Kier alpha value is -0.910. The first-order valence-corrected chi connectivity index (χ1v) is 5.37. The van der Waals surface area contributed by atoms with Crippen molar-refractivity contribution < 1.29 is 8.76 Å². The molecule has 1 atom stereocenters. The SMILES string of the molecule is CCN(Nc1ccccc1C)S(=O)[O-]. The highest BCUT2D eigenvalue weighted by Gasteiger charge is 2.03. The summed E-state index contributed by atoms with van der Waals surface area (Å²) in [7, 11) is 0. The lowest BCUT2D eigenvalue weighted by atomic mass is 10.2.